The van der Waals surface area contributed by atoms with Crippen molar-refractivity contribution >= 4 is 28.3 Å². The van der Waals surface area contributed by atoms with Crippen LogP contribution in [-0.2, 0) is 4.79 Å². The molecule has 1 aliphatic heterocycles. The standard InChI is InChI=1S/C15H14ClNO3/c16-12-5-6-13(11-4-2-1-3-10(11)12)20-15(7-14(18)19)8-17-9-15/h1-6,17H,7-9H2,(H,18,19). The Bertz CT molecular complexity index is 667. The molecule has 2 aromatic rings. The van der Waals surface area contributed by atoms with Gasteiger partial charge in [0.25, 0.3) is 0 Å². The first-order valence-corrected chi connectivity index (χ1v) is 6.76. The van der Waals surface area contributed by atoms with Crippen LogP contribution in [0.5, 0.6) is 5.75 Å². The van der Waals surface area contributed by atoms with Crippen LogP contribution in [0.1, 0.15) is 6.42 Å². The fourth-order valence-corrected chi connectivity index (χ4v) is 2.70. The summed E-state index contributed by atoms with van der Waals surface area (Å²) in [5, 5.41) is 14.6. The van der Waals surface area contributed by atoms with Gasteiger partial charge in [-0.05, 0) is 12.1 Å². The van der Waals surface area contributed by atoms with Gasteiger partial charge in [0, 0.05) is 28.9 Å². The molecule has 0 radical (unpaired) electrons. The summed E-state index contributed by atoms with van der Waals surface area (Å²) in [6.07, 6.45) is -0.0169. The van der Waals surface area contributed by atoms with E-state index in [9.17, 15) is 4.79 Å². The number of rotatable bonds is 4. The Balaban J connectivity index is 1.98. The van der Waals surface area contributed by atoms with E-state index in [1.165, 1.54) is 0 Å². The molecule has 0 amide bonds. The summed E-state index contributed by atoms with van der Waals surface area (Å²) in [6, 6.07) is 11.3. The predicted molar refractivity (Wildman–Crippen MR) is 77.4 cm³/mol. The number of fused-ring (bicyclic) bond motifs is 1. The van der Waals surface area contributed by atoms with Gasteiger partial charge in [0.2, 0.25) is 0 Å². The van der Waals surface area contributed by atoms with E-state index in [-0.39, 0.29) is 6.42 Å². The molecule has 0 bridgehead atoms. The first-order chi connectivity index (χ1) is 9.60. The molecule has 5 heteroatoms. The van der Waals surface area contributed by atoms with Crippen molar-refractivity contribution in [3.63, 3.8) is 0 Å². The number of ether oxygens (including phenoxy) is 1. The Morgan fingerprint density at radius 2 is 1.95 bits per heavy atom. The van der Waals surface area contributed by atoms with Gasteiger partial charge in [-0.15, -0.1) is 0 Å². The number of carbonyl (C=O) groups is 1. The lowest BCUT2D eigenvalue weighted by Crippen LogP contribution is -2.64. The molecule has 1 fully saturated rings. The molecule has 0 unspecified atom stereocenters. The second-order valence-electron chi connectivity index (χ2n) is 5.05. The maximum atomic E-state index is 11.0. The topological polar surface area (TPSA) is 58.6 Å². The highest BCUT2D eigenvalue weighted by atomic mass is 35.5. The fourth-order valence-electron chi connectivity index (χ4n) is 2.47. The molecule has 1 saturated heterocycles. The van der Waals surface area contributed by atoms with E-state index >= 15 is 0 Å². The van der Waals surface area contributed by atoms with E-state index in [0.717, 1.165) is 10.8 Å². The fraction of sp³-hybridized carbons (Fsp3) is 0.267. The smallest absolute Gasteiger partial charge is 0.307 e. The number of hydrogen-bond donors (Lipinski definition) is 2. The third-order valence-electron chi connectivity index (χ3n) is 3.53. The zero-order chi connectivity index (χ0) is 14.2. The van der Waals surface area contributed by atoms with E-state index in [1.54, 1.807) is 12.1 Å². The predicted octanol–water partition coefficient (Wildman–Crippen LogP) is 2.69. The van der Waals surface area contributed by atoms with Crippen LogP contribution in [0.25, 0.3) is 10.8 Å². The van der Waals surface area contributed by atoms with Crippen LogP contribution in [0, 0.1) is 0 Å². The highest BCUT2D eigenvalue weighted by molar-refractivity contribution is 6.35. The molecule has 3 rings (SSSR count). The zero-order valence-corrected chi connectivity index (χ0v) is 11.5. The minimum Gasteiger partial charge on any atom is -0.483 e. The summed E-state index contributed by atoms with van der Waals surface area (Å²) in [5.74, 6) is -0.183. The lowest BCUT2D eigenvalue weighted by Gasteiger charge is -2.41. The van der Waals surface area contributed by atoms with Gasteiger partial charge in [0.05, 0.1) is 6.42 Å². The monoisotopic (exact) mass is 291 g/mol. The number of carboxylic acids is 1. The molecule has 2 N–H and O–H groups in total. The molecular formula is C15H14ClNO3. The Morgan fingerprint density at radius 3 is 2.55 bits per heavy atom. The number of halogens is 1. The molecule has 1 heterocycles. The van der Waals surface area contributed by atoms with Gasteiger partial charge in [-0.2, -0.15) is 0 Å². The van der Waals surface area contributed by atoms with Gasteiger partial charge < -0.3 is 15.2 Å². The lowest BCUT2D eigenvalue weighted by molar-refractivity contribution is -0.143. The van der Waals surface area contributed by atoms with E-state index in [1.807, 2.05) is 24.3 Å². The molecular weight excluding hydrogens is 278 g/mol. The molecule has 0 saturated carbocycles. The average molecular weight is 292 g/mol. The van der Waals surface area contributed by atoms with Crippen LogP contribution >= 0.6 is 11.6 Å². The van der Waals surface area contributed by atoms with Crippen molar-refractivity contribution in [2.45, 2.75) is 12.0 Å². The van der Waals surface area contributed by atoms with Crippen LogP contribution in [0.4, 0.5) is 0 Å². The summed E-state index contributed by atoms with van der Waals surface area (Å²) in [6.45, 7) is 1.08. The van der Waals surface area contributed by atoms with Crippen molar-refractivity contribution in [2.24, 2.45) is 0 Å². The van der Waals surface area contributed by atoms with Gasteiger partial charge in [-0.25, -0.2) is 0 Å². The molecule has 0 aromatic heterocycles. The maximum absolute atomic E-state index is 11.0. The molecule has 2 aromatic carbocycles. The molecule has 104 valence electrons. The lowest BCUT2D eigenvalue weighted by atomic mass is 9.92. The van der Waals surface area contributed by atoms with Crippen molar-refractivity contribution in [2.75, 3.05) is 13.1 Å². The maximum Gasteiger partial charge on any atom is 0.307 e. The van der Waals surface area contributed by atoms with Crippen LogP contribution in [-0.4, -0.2) is 29.8 Å². The summed E-state index contributed by atoms with van der Waals surface area (Å²) < 4.78 is 6.02. The first-order valence-electron chi connectivity index (χ1n) is 6.38. The van der Waals surface area contributed by atoms with Crippen molar-refractivity contribution in [3.8, 4) is 5.75 Å². The van der Waals surface area contributed by atoms with Crippen LogP contribution < -0.4 is 10.1 Å². The number of hydrogen-bond acceptors (Lipinski definition) is 3. The third kappa shape index (κ3) is 2.32. The van der Waals surface area contributed by atoms with E-state index in [0.29, 0.717) is 23.9 Å². The first kappa shape index (κ1) is 13.2. The van der Waals surface area contributed by atoms with E-state index in [4.69, 9.17) is 21.4 Å². The Morgan fingerprint density at radius 1 is 1.25 bits per heavy atom. The molecule has 1 aliphatic rings. The van der Waals surface area contributed by atoms with E-state index in [2.05, 4.69) is 5.32 Å². The number of benzene rings is 2. The highest BCUT2D eigenvalue weighted by Crippen LogP contribution is 2.35. The van der Waals surface area contributed by atoms with Gasteiger partial charge in [-0.1, -0.05) is 35.9 Å². The minimum absolute atomic E-state index is 0.0169. The molecule has 0 spiro atoms. The van der Waals surface area contributed by atoms with Gasteiger partial charge in [0.1, 0.15) is 11.4 Å². The largest absolute Gasteiger partial charge is 0.483 e. The third-order valence-corrected chi connectivity index (χ3v) is 3.85. The average Bonchev–Trinajstić information content (AvgIpc) is 2.39. The Kier molecular flexibility index (Phi) is 3.28. The van der Waals surface area contributed by atoms with Crippen molar-refractivity contribution in [1.82, 2.24) is 5.32 Å². The molecule has 0 aliphatic carbocycles. The zero-order valence-electron chi connectivity index (χ0n) is 10.7. The Hall–Kier alpha value is -1.78. The summed E-state index contributed by atoms with van der Waals surface area (Å²) in [4.78, 5) is 11.0. The molecule has 4 nitrogen and oxygen atoms in total. The minimum atomic E-state index is -0.857. The summed E-state index contributed by atoms with van der Waals surface area (Å²) >= 11 is 6.17. The quantitative estimate of drug-likeness (QED) is 0.909. The van der Waals surface area contributed by atoms with Gasteiger partial charge >= 0.3 is 5.97 Å². The van der Waals surface area contributed by atoms with Crippen LogP contribution in [0.3, 0.4) is 0 Å². The van der Waals surface area contributed by atoms with Crippen LogP contribution in [0.2, 0.25) is 5.02 Å². The van der Waals surface area contributed by atoms with E-state index < -0.39 is 11.6 Å². The highest BCUT2D eigenvalue weighted by Gasteiger charge is 2.41. The second-order valence-corrected chi connectivity index (χ2v) is 5.46. The summed E-state index contributed by atoms with van der Waals surface area (Å²) in [7, 11) is 0. The van der Waals surface area contributed by atoms with Gasteiger partial charge in [-0.3, -0.25) is 4.79 Å². The Labute approximate surface area is 121 Å². The normalized spacial score (nSPS) is 16.6. The molecule has 0 atom stereocenters. The number of carboxylic acid groups (broad SMARTS) is 1. The van der Waals surface area contributed by atoms with Crippen molar-refractivity contribution in [3.05, 3.63) is 41.4 Å². The summed E-state index contributed by atoms with van der Waals surface area (Å²) in [5.41, 5.74) is -0.664. The van der Waals surface area contributed by atoms with Gasteiger partial charge in [0.15, 0.2) is 0 Å². The van der Waals surface area contributed by atoms with Crippen LogP contribution in [0.15, 0.2) is 36.4 Å². The number of nitrogens with one attached hydrogen (secondary N) is 1. The second kappa shape index (κ2) is 4.96. The molecule has 20 heavy (non-hydrogen) atoms. The number of aliphatic carboxylic acids is 1. The SMILES string of the molecule is O=C(O)CC1(Oc2ccc(Cl)c3ccccc23)CNC1. The van der Waals surface area contributed by atoms with Crippen molar-refractivity contribution < 1.29 is 14.6 Å². The van der Waals surface area contributed by atoms with Crippen molar-refractivity contribution in [1.29, 1.82) is 0 Å².